The van der Waals surface area contributed by atoms with Gasteiger partial charge in [-0.1, -0.05) is 17.7 Å². The summed E-state index contributed by atoms with van der Waals surface area (Å²) in [7, 11) is -3.88. The van der Waals surface area contributed by atoms with E-state index in [9.17, 15) is 18.6 Å². The van der Waals surface area contributed by atoms with Gasteiger partial charge in [0.25, 0.3) is 10.1 Å². The minimum Gasteiger partial charge on any atom is -0.391 e. The highest BCUT2D eigenvalue weighted by Crippen LogP contribution is 2.34. The van der Waals surface area contributed by atoms with Crippen LogP contribution in [0.5, 0.6) is 0 Å². The van der Waals surface area contributed by atoms with Crippen molar-refractivity contribution in [3.63, 3.8) is 0 Å². The molecule has 2 rings (SSSR count). The summed E-state index contributed by atoms with van der Waals surface area (Å²) in [5.74, 6) is 2.01. The zero-order chi connectivity index (χ0) is 16.9. The van der Waals surface area contributed by atoms with Crippen molar-refractivity contribution in [2.75, 3.05) is 18.1 Å². The van der Waals surface area contributed by atoms with E-state index in [1.54, 1.807) is 35.7 Å². The number of benzene rings is 1. The SMILES string of the molecule is Cc1ccc(S(=O)(=O)OC[C@@H](O)C[C@@H](O)C2SCCCS2)cc1. The summed E-state index contributed by atoms with van der Waals surface area (Å²) in [6, 6.07) is 6.32. The fourth-order valence-electron chi connectivity index (χ4n) is 2.13. The number of rotatable bonds is 7. The lowest BCUT2D eigenvalue weighted by Crippen LogP contribution is -2.30. The Morgan fingerprint density at radius 2 is 1.83 bits per heavy atom. The van der Waals surface area contributed by atoms with Crippen molar-refractivity contribution in [3.05, 3.63) is 29.8 Å². The van der Waals surface area contributed by atoms with Gasteiger partial charge in [-0.3, -0.25) is 4.18 Å². The molecule has 5 nitrogen and oxygen atoms in total. The highest BCUT2D eigenvalue weighted by atomic mass is 32.2. The number of aliphatic hydroxyl groups excluding tert-OH is 2. The third-order valence-electron chi connectivity index (χ3n) is 3.41. The third kappa shape index (κ3) is 5.95. The first-order chi connectivity index (χ1) is 10.9. The van der Waals surface area contributed by atoms with Gasteiger partial charge in [0.15, 0.2) is 0 Å². The normalized spacial score (nSPS) is 19.4. The van der Waals surface area contributed by atoms with E-state index >= 15 is 0 Å². The summed E-state index contributed by atoms with van der Waals surface area (Å²) >= 11 is 3.36. The Bertz CT molecular complexity index is 582. The van der Waals surface area contributed by atoms with Crippen molar-refractivity contribution in [1.29, 1.82) is 0 Å². The molecule has 0 radical (unpaired) electrons. The molecule has 0 bridgehead atoms. The van der Waals surface area contributed by atoms with Crippen LogP contribution in [0.2, 0.25) is 0 Å². The highest BCUT2D eigenvalue weighted by Gasteiger charge is 2.26. The van der Waals surface area contributed by atoms with Crippen molar-refractivity contribution < 1.29 is 22.8 Å². The quantitative estimate of drug-likeness (QED) is 0.702. The van der Waals surface area contributed by atoms with Gasteiger partial charge in [0.05, 0.1) is 28.3 Å². The second-order valence-electron chi connectivity index (χ2n) is 5.47. The number of thioether (sulfide) groups is 2. The van der Waals surface area contributed by atoms with Crippen LogP contribution in [0.1, 0.15) is 18.4 Å². The van der Waals surface area contributed by atoms with Crippen LogP contribution < -0.4 is 0 Å². The average Bonchev–Trinajstić information content (AvgIpc) is 2.54. The van der Waals surface area contributed by atoms with Crippen LogP contribution in [0.25, 0.3) is 0 Å². The summed E-state index contributed by atoms with van der Waals surface area (Å²) in [6.07, 6.45) is -0.466. The number of hydrogen-bond acceptors (Lipinski definition) is 7. The molecule has 1 fully saturated rings. The van der Waals surface area contributed by atoms with Crippen molar-refractivity contribution in [1.82, 2.24) is 0 Å². The largest absolute Gasteiger partial charge is 0.391 e. The van der Waals surface area contributed by atoms with Gasteiger partial charge >= 0.3 is 0 Å². The maximum Gasteiger partial charge on any atom is 0.297 e. The summed E-state index contributed by atoms with van der Waals surface area (Å²) in [5, 5.41) is 20.1. The zero-order valence-corrected chi connectivity index (χ0v) is 15.4. The first kappa shape index (κ1) is 19.1. The van der Waals surface area contributed by atoms with Crippen molar-refractivity contribution >= 4 is 33.6 Å². The third-order valence-corrected chi connectivity index (χ3v) is 7.85. The summed E-state index contributed by atoms with van der Waals surface area (Å²) in [4.78, 5) is 0.0641. The van der Waals surface area contributed by atoms with Crippen molar-refractivity contribution in [3.8, 4) is 0 Å². The molecule has 0 spiro atoms. The lowest BCUT2D eigenvalue weighted by atomic mass is 10.2. The minimum atomic E-state index is -3.88. The van der Waals surface area contributed by atoms with E-state index in [-0.39, 0.29) is 22.5 Å². The fourth-order valence-corrected chi connectivity index (χ4v) is 5.97. The van der Waals surface area contributed by atoms with E-state index in [1.807, 2.05) is 6.92 Å². The Labute approximate surface area is 145 Å². The Kier molecular flexibility index (Phi) is 7.24. The first-order valence-electron chi connectivity index (χ1n) is 7.44. The van der Waals surface area contributed by atoms with Crippen LogP contribution in [-0.2, 0) is 14.3 Å². The summed E-state index contributed by atoms with van der Waals surface area (Å²) in [5.41, 5.74) is 0.953. The number of hydrogen-bond donors (Lipinski definition) is 2. The molecule has 1 aromatic carbocycles. The highest BCUT2D eigenvalue weighted by molar-refractivity contribution is 8.17. The van der Waals surface area contributed by atoms with E-state index in [0.29, 0.717) is 0 Å². The van der Waals surface area contributed by atoms with E-state index in [1.165, 1.54) is 12.1 Å². The first-order valence-corrected chi connectivity index (χ1v) is 10.9. The molecule has 0 aliphatic carbocycles. The van der Waals surface area contributed by atoms with Crippen molar-refractivity contribution in [2.24, 2.45) is 0 Å². The minimum absolute atomic E-state index is 0.0344. The molecule has 8 heteroatoms. The Morgan fingerprint density at radius 3 is 2.43 bits per heavy atom. The topological polar surface area (TPSA) is 83.8 Å². The Morgan fingerprint density at radius 1 is 1.22 bits per heavy atom. The lowest BCUT2D eigenvalue weighted by Gasteiger charge is -2.26. The molecule has 130 valence electrons. The summed E-state index contributed by atoms with van der Waals surface area (Å²) in [6.45, 7) is 1.51. The van der Waals surface area contributed by atoms with Crippen LogP contribution in [0, 0.1) is 6.92 Å². The van der Waals surface area contributed by atoms with E-state index in [4.69, 9.17) is 4.18 Å². The molecule has 2 atom stereocenters. The van der Waals surface area contributed by atoms with Crippen LogP contribution >= 0.6 is 23.5 Å². The molecular formula is C15H22O5S3. The number of aliphatic hydroxyl groups is 2. The van der Waals surface area contributed by atoms with Crippen LogP contribution in [0.3, 0.4) is 0 Å². The average molecular weight is 379 g/mol. The van der Waals surface area contributed by atoms with Gasteiger partial charge in [-0.15, -0.1) is 23.5 Å². The Hall–Kier alpha value is -0.250. The summed E-state index contributed by atoms with van der Waals surface area (Å²) < 4.78 is 29.0. The van der Waals surface area contributed by atoms with E-state index in [2.05, 4.69) is 0 Å². The van der Waals surface area contributed by atoms with E-state index < -0.39 is 22.3 Å². The van der Waals surface area contributed by atoms with Gasteiger partial charge in [0.1, 0.15) is 0 Å². The van der Waals surface area contributed by atoms with Gasteiger partial charge in [0.2, 0.25) is 0 Å². The lowest BCUT2D eigenvalue weighted by molar-refractivity contribution is 0.0565. The zero-order valence-electron chi connectivity index (χ0n) is 12.9. The molecular weight excluding hydrogens is 356 g/mol. The molecule has 2 N–H and O–H groups in total. The molecule has 0 unspecified atom stereocenters. The smallest absolute Gasteiger partial charge is 0.297 e. The number of aryl methyl sites for hydroxylation is 1. The van der Waals surface area contributed by atoms with Crippen LogP contribution in [-0.4, -0.2) is 53.5 Å². The van der Waals surface area contributed by atoms with Crippen LogP contribution in [0.15, 0.2) is 29.2 Å². The van der Waals surface area contributed by atoms with Crippen molar-refractivity contribution in [2.45, 2.75) is 41.5 Å². The second-order valence-corrected chi connectivity index (χ2v) is 9.88. The van der Waals surface area contributed by atoms with Gasteiger partial charge in [-0.25, -0.2) is 0 Å². The standard InChI is InChI=1S/C15H22O5S3/c1-11-3-5-13(6-4-11)23(18,19)20-10-12(16)9-14(17)15-21-7-2-8-22-15/h3-6,12,14-17H,2,7-10H2,1H3/t12-,14+/m0/s1. The molecule has 1 saturated heterocycles. The maximum absolute atomic E-state index is 12.0. The molecule has 1 aliphatic rings. The molecule has 1 aliphatic heterocycles. The van der Waals surface area contributed by atoms with Gasteiger partial charge in [-0.05, 0) is 37.0 Å². The molecule has 1 heterocycles. The fraction of sp³-hybridized carbons (Fsp3) is 0.600. The van der Waals surface area contributed by atoms with Crippen LogP contribution in [0.4, 0.5) is 0 Å². The molecule has 0 amide bonds. The molecule has 1 aromatic rings. The monoisotopic (exact) mass is 378 g/mol. The van der Waals surface area contributed by atoms with Gasteiger partial charge < -0.3 is 10.2 Å². The molecule has 23 heavy (non-hydrogen) atoms. The predicted octanol–water partition coefficient (Wildman–Crippen LogP) is 2.01. The van der Waals surface area contributed by atoms with E-state index in [0.717, 1.165) is 23.5 Å². The maximum atomic E-state index is 12.0. The van der Waals surface area contributed by atoms with Gasteiger partial charge in [-0.2, -0.15) is 8.42 Å². The molecule has 0 aromatic heterocycles. The Balaban J connectivity index is 1.83. The predicted molar refractivity (Wildman–Crippen MR) is 94.3 cm³/mol. The second kappa shape index (κ2) is 8.73. The molecule has 0 saturated carbocycles. The van der Waals surface area contributed by atoms with Gasteiger partial charge in [0, 0.05) is 6.42 Å².